The van der Waals surface area contributed by atoms with Crippen molar-refractivity contribution in [2.24, 2.45) is 10.9 Å². The standard InChI is InChI=1S/C20H32N4O.HI/c1-3-24-11-4-5-17(15-24)14-23-20(21-2)22-10-8-16-6-7-19-18(13-16)9-12-25-19;/h6-7,13,17H,3-5,8-12,14-15H2,1-2H3,(H2,21,22,23);1H. The number of nitrogens with zero attached hydrogens (tertiary/aromatic N) is 2. The van der Waals surface area contributed by atoms with E-state index in [-0.39, 0.29) is 24.0 Å². The first-order valence-electron chi connectivity index (χ1n) is 9.70. The highest BCUT2D eigenvalue weighted by Crippen LogP contribution is 2.25. The molecular weight excluding hydrogens is 439 g/mol. The SMILES string of the molecule is CCN1CCCC(CNC(=NC)NCCc2ccc3c(c2)CCO3)C1.I. The van der Waals surface area contributed by atoms with Crippen molar-refractivity contribution in [2.45, 2.75) is 32.6 Å². The zero-order valence-corrected chi connectivity index (χ0v) is 18.4. The van der Waals surface area contributed by atoms with Gasteiger partial charge in [-0.3, -0.25) is 4.99 Å². The fourth-order valence-corrected chi connectivity index (χ4v) is 3.79. The number of rotatable bonds is 6. The topological polar surface area (TPSA) is 48.9 Å². The van der Waals surface area contributed by atoms with E-state index in [4.69, 9.17) is 4.74 Å². The summed E-state index contributed by atoms with van der Waals surface area (Å²) in [6.45, 7) is 8.60. The van der Waals surface area contributed by atoms with Gasteiger partial charge >= 0.3 is 0 Å². The zero-order chi connectivity index (χ0) is 17.5. The summed E-state index contributed by atoms with van der Waals surface area (Å²) in [5.41, 5.74) is 2.70. The number of hydrogen-bond acceptors (Lipinski definition) is 3. The van der Waals surface area contributed by atoms with Crippen molar-refractivity contribution in [1.82, 2.24) is 15.5 Å². The van der Waals surface area contributed by atoms with Gasteiger partial charge in [0, 0.05) is 33.1 Å². The number of halogens is 1. The Labute approximate surface area is 175 Å². The first kappa shape index (κ1) is 21.3. The van der Waals surface area contributed by atoms with Gasteiger partial charge in [0.05, 0.1) is 6.61 Å². The summed E-state index contributed by atoms with van der Waals surface area (Å²) < 4.78 is 5.57. The van der Waals surface area contributed by atoms with Crippen molar-refractivity contribution in [3.05, 3.63) is 29.3 Å². The van der Waals surface area contributed by atoms with Gasteiger partial charge in [0.2, 0.25) is 0 Å². The van der Waals surface area contributed by atoms with Crippen molar-refractivity contribution in [3.8, 4) is 5.75 Å². The summed E-state index contributed by atoms with van der Waals surface area (Å²) in [7, 11) is 1.85. The van der Waals surface area contributed by atoms with Crippen LogP contribution >= 0.6 is 24.0 Å². The molecule has 0 saturated carbocycles. The van der Waals surface area contributed by atoms with Crippen LogP contribution in [0.1, 0.15) is 30.9 Å². The van der Waals surface area contributed by atoms with E-state index < -0.39 is 0 Å². The third kappa shape index (κ3) is 6.01. The molecule has 5 nitrogen and oxygen atoms in total. The van der Waals surface area contributed by atoms with Gasteiger partial charge in [-0.25, -0.2) is 0 Å². The molecule has 2 heterocycles. The van der Waals surface area contributed by atoms with Crippen LogP contribution in [0.4, 0.5) is 0 Å². The molecule has 6 heteroatoms. The van der Waals surface area contributed by atoms with Crippen LogP contribution in [-0.4, -0.2) is 57.2 Å². The van der Waals surface area contributed by atoms with E-state index in [1.165, 1.54) is 37.1 Å². The second-order valence-electron chi connectivity index (χ2n) is 7.07. The summed E-state index contributed by atoms with van der Waals surface area (Å²) in [6.07, 6.45) is 4.67. The Morgan fingerprint density at radius 3 is 3.04 bits per heavy atom. The van der Waals surface area contributed by atoms with Gasteiger partial charge < -0.3 is 20.3 Å². The van der Waals surface area contributed by atoms with Crippen LogP contribution in [0.3, 0.4) is 0 Å². The molecule has 0 amide bonds. The van der Waals surface area contributed by atoms with E-state index in [0.29, 0.717) is 0 Å². The molecular formula is C20H33IN4O. The number of aliphatic imine (C=N–C) groups is 1. The smallest absolute Gasteiger partial charge is 0.190 e. The molecule has 2 N–H and O–H groups in total. The molecule has 0 bridgehead atoms. The number of guanidine groups is 1. The molecule has 146 valence electrons. The lowest BCUT2D eigenvalue weighted by atomic mass is 9.98. The van der Waals surface area contributed by atoms with Crippen LogP contribution < -0.4 is 15.4 Å². The average Bonchev–Trinajstić information content (AvgIpc) is 3.12. The highest BCUT2D eigenvalue weighted by atomic mass is 127. The Kier molecular flexibility index (Phi) is 8.98. The van der Waals surface area contributed by atoms with E-state index in [9.17, 15) is 0 Å². The lowest BCUT2D eigenvalue weighted by Gasteiger charge is -2.32. The molecule has 1 unspecified atom stereocenters. The number of fused-ring (bicyclic) bond motifs is 1. The third-order valence-electron chi connectivity index (χ3n) is 5.29. The summed E-state index contributed by atoms with van der Waals surface area (Å²) in [6, 6.07) is 6.55. The fraction of sp³-hybridized carbons (Fsp3) is 0.650. The van der Waals surface area contributed by atoms with Crippen LogP contribution in [0, 0.1) is 5.92 Å². The molecule has 1 fully saturated rings. The number of ether oxygens (including phenoxy) is 1. The fourth-order valence-electron chi connectivity index (χ4n) is 3.79. The highest BCUT2D eigenvalue weighted by Gasteiger charge is 2.18. The Morgan fingerprint density at radius 1 is 1.35 bits per heavy atom. The predicted octanol–water partition coefficient (Wildman–Crippen LogP) is 2.68. The summed E-state index contributed by atoms with van der Waals surface area (Å²) in [4.78, 5) is 6.91. The van der Waals surface area contributed by atoms with E-state index in [0.717, 1.165) is 56.7 Å². The molecule has 0 aromatic heterocycles. The normalized spacial score (nSPS) is 20.1. The molecule has 0 spiro atoms. The van der Waals surface area contributed by atoms with Crippen molar-refractivity contribution >= 4 is 29.9 Å². The van der Waals surface area contributed by atoms with Crippen LogP contribution in [0.25, 0.3) is 0 Å². The summed E-state index contributed by atoms with van der Waals surface area (Å²) in [5, 5.41) is 6.95. The second kappa shape index (κ2) is 11.0. The van der Waals surface area contributed by atoms with E-state index in [1.54, 1.807) is 0 Å². The molecule has 1 saturated heterocycles. The maximum absolute atomic E-state index is 5.57. The second-order valence-corrected chi connectivity index (χ2v) is 7.07. The number of likely N-dealkylation sites (tertiary alicyclic amines) is 1. The Morgan fingerprint density at radius 2 is 2.23 bits per heavy atom. The summed E-state index contributed by atoms with van der Waals surface area (Å²) in [5.74, 6) is 2.70. The van der Waals surface area contributed by atoms with Crippen LogP contribution in [0.2, 0.25) is 0 Å². The lowest BCUT2D eigenvalue weighted by Crippen LogP contribution is -2.44. The quantitative estimate of drug-likeness (QED) is 0.380. The monoisotopic (exact) mass is 472 g/mol. The first-order chi connectivity index (χ1) is 12.3. The zero-order valence-electron chi connectivity index (χ0n) is 16.1. The summed E-state index contributed by atoms with van der Waals surface area (Å²) >= 11 is 0. The number of hydrogen-bond donors (Lipinski definition) is 2. The van der Waals surface area contributed by atoms with Gasteiger partial charge in [-0.15, -0.1) is 24.0 Å². The maximum Gasteiger partial charge on any atom is 0.190 e. The van der Waals surface area contributed by atoms with Gasteiger partial charge in [-0.1, -0.05) is 19.1 Å². The van der Waals surface area contributed by atoms with Crippen molar-refractivity contribution < 1.29 is 4.74 Å². The van der Waals surface area contributed by atoms with Crippen molar-refractivity contribution in [3.63, 3.8) is 0 Å². The highest BCUT2D eigenvalue weighted by molar-refractivity contribution is 14.0. The van der Waals surface area contributed by atoms with Gasteiger partial charge in [-0.2, -0.15) is 0 Å². The molecule has 1 atom stereocenters. The van der Waals surface area contributed by atoms with Gasteiger partial charge in [0.15, 0.2) is 5.96 Å². The van der Waals surface area contributed by atoms with Crippen LogP contribution in [-0.2, 0) is 12.8 Å². The van der Waals surface area contributed by atoms with Gasteiger partial charge in [-0.05, 0) is 55.5 Å². The van der Waals surface area contributed by atoms with Crippen molar-refractivity contribution in [1.29, 1.82) is 0 Å². The maximum atomic E-state index is 5.57. The Hall–Kier alpha value is -1.02. The van der Waals surface area contributed by atoms with Crippen LogP contribution in [0.15, 0.2) is 23.2 Å². The largest absolute Gasteiger partial charge is 0.493 e. The molecule has 1 aromatic rings. The molecule has 2 aliphatic rings. The number of piperidine rings is 1. The van der Waals surface area contributed by atoms with Gasteiger partial charge in [0.1, 0.15) is 5.75 Å². The number of benzene rings is 1. The van der Waals surface area contributed by atoms with E-state index in [1.807, 2.05) is 7.05 Å². The minimum absolute atomic E-state index is 0. The Bertz CT molecular complexity index is 593. The van der Waals surface area contributed by atoms with Gasteiger partial charge in [0.25, 0.3) is 0 Å². The minimum Gasteiger partial charge on any atom is -0.493 e. The average molecular weight is 472 g/mol. The number of nitrogens with one attached hydrogen (secondary N) is 2. The van der Waals surface area contributed by atoms with E-state index >= 15 is 0 Å². The molecule has 26 heavy (non-hydrogen) atoms. The third-order valence-corrected chi connectivity index (χ3v) is 5.29. The Balaban J connectivity index is 0.00000243. The van der Waals surface area contributed by atoms with Crippen LogP contribution in [0.5, 0.6) is 5.75 Å². The molecule has 1 aromatic carbocycles. The van der Waals surface area contributed by atoms with Crippen molar-refractivity contribution in [2.75, 3.05) is 46.4 Å². The molecule has 2 aliphatic heterocycles. The lowest BCUT2D eigenvalue weighted by molar-refractivity contribution is 0.183. The predicted molar refractivity (Wildman–Crippen MR) is 119 cm³/mol. The molecule has 0 aliphatic carbocycles. The van der Waals surface area contributed by atoms with E-state index in [2.05, 4.69) is 45.6 Å². The molecule has 3 rings (SSSR count). The minimum atomic E-state index is 0. The first-order valence-corrected chi connectivity index (χ1v) is 9.70. The molecule has 0 radical (unpaired) electrons.